The van der Waals surface area contributed by atoms with Gasteiger partial charge >= 0.3 is 0 Å². The van der Waals surface area contributed by atoms with Crippen molar-refractivity contribution in [1.82, 2.24) is 20.2 Å². The summed E-state index contributed by atoms with van der Waals surface area (Å²) in [5.74, 6) is 0. The highest BCUT2D eigenvalue weighted by Gasteiger charge is 2.19. The molecule has 2 aromatic rings. The number of aromatic nitrogens is 2. The zero-order valence-electron chi connectivity index (χ0n) is 11.3. The maximum Gasteiger partial charge on any atom is 0.257 e. The fourth-order valence-electron chi connectivity index (χ4n) is 1.89. The van der Waals surface area contributed by atoms with Crippen molar-refractivity contribution in [3.63, 3.8) is 0 Å². The van der Waals surface area contributed by atoms with E-state index < -0.39 is 10.0 Å². The van der Waals surface area contributed by atoms with Gasteiger partial charge in [-0.1, -0.05) is 30.3 Å². The monoisotopic (exact) mass is 294 g/mol. The molecular formula is C13H18N4O2S. The van der Waals surface area contributed by atoms with Gasteiger partial charge in [0.15, 0.2) is 5.03 Å². The van der Waals surface area contributed by atoms with Crippen molar-refractivity contribution in [1.29, 1.82) is 0 Å². The van der Waals surface area contributed by atoms with Gasteiger partial charge in [0, 0.05) is 18.7 Å². The van der Waals surface area contributed by atoms with Crippen molar-refractivity contribution < 1.29 is 8.42 Å². The Balaban J connectivity index is 1.99. The van der Waals surface area contributed by atoms with Gasteiger partial charge in [0.05, 0.1) is 6.20 Å². The molecule has 1 aromatic heterocycles. The standard InChI is InChI=1S/C13H18N4O2S/c1-14-9-12-10-15-17-13(12)20(18,19)16-8-7-11-5-3-2-4-6-11/h2-6,10,14,16H,7-9H2,1H3,(H,15,17). The third kappa shape index (κ3) is 3.66. The molecule has 0 saturated carbocycles. The van der Waals surface area contributed by atoms with Crippen LogP contribution in [0.4, 0.5) is 0 Å². The zero-order valence-corrected chi connectivity index (χ0v) is 12.1. The number of sulfonamides is 1. The first-order valence-corrected chi connectivity index (χ1v) is 7.82. The number of rotatable bonds is 7. The second kappa shape index (κ2) is 6.65. The van der Waals surface area contributed by atoms with Crippen LogP contribution >= 0.6 is 0 Å². The third-order valence-corrected chi connectivity index (χ3v) is 4.34. The molecular weight excluding hydrogens is 276 g/mol. The zero-order chi connectivity index (χ0) is 14.4. The molecule has 0 spiro atoms. The van der Waals surface area contributed by atoms with E-state index in [1.54, 1.807) is 7.05 Å². The first-order chi connectivity index (χ1) is 9.63. The number of nitrogens with zero attached hydrogens (tertiary/aromatic N) is 1. The molecule has 0 radical (unpaired) electrons. The van der Waals surface area contributed by atoms with Crippen LogP contribution in [0, 0.1) is 0 Å². The van der Waals surface area contributed by atoms with Crippen molar-refractivity contribution in [3.05, 3.63) is 47.7 Å². The fourth-order valence-corrected chi connectivity index (χ4v) is 3.05. The average Bonchev–Trinajstić information content (AvgIpc) is 2.89. The Labute approximate surface area is 118 Å². The molecule has 0 atom stereocenters. The van der Waals surface area contributed by atoms with E-state index in [-0.39, 0.29) is 5.03 Å². The summed E-state index contributed by atoms with van der Waals surface area (Å²) in [6.45, 7) is 0.801. The van der Waals surface area contributed by atoms with Crippen LogP contribution in [0.1, 0.15) is 11.1 Å². The van der Waals surface area contributed by atoms with Crippen molar-refractivity contribution >= 4 is 10.0 Å². The lowest BCUT2D eigenvalue weighted by Gasteiger charge is -2.07. The van der Waals surface area contributed by atoms with E-state index in [1.165, 1.54) is 6.20 Å². The second-order valence-electron chi connectivity index (χ2n) is 4.39. The quantitative estimate of drug-likeness (QED) is 0.700. The lowest BCUT2D eigenvalue weighted by atomic mass is 10.2. The van der Waals surface area contributed by atoms with Crippen molar-refractivity contribution in [2.75, 3.05) is 13.6 Å². The molecule has 20 heavy (non-hydrogen) atoms. The molecule has 1 heterocycles. The smallest absolute Gasteiger partial charge is 0.257 e. The van der Waals surface area contributed by atoms with Crippen LogP contribution in [-0.4, -0.2) is 32.2 Å². The van der Waals surface area contributed by atoms with Gasteiger partial charge in [0.25, 0.3) is 10.0 Å². The number of H-pyrrole nitrogens is 1. The summed E-state index contributed by atoms with van der Waals surface area (Å²) in [4.78, 5) is 0. The number of hydrogen-bond donors (Lipinski definition) is 3. The largest absolute Gasteiger partial charge is 0.316 e. The minimum Gasteiger partial charge on any atom is -0.316 e. The average molecular weight is 294 g/mol. The van der Waals surface area contributed by atoms with E-state index in [0.717, 1.165) is 5.56 Å². The van der Waals surface area contributed by atoms with E-state index in [1.807, 2.05) is 30.3 Å². The van der Waals surface area contributed by atoms with Crippen LogP contribution in [0.5, 0.6) is 0 Å². The van der Waals surface area contributed by atoms with E-state index in [2.05, 4.69) is 20.2 Å². The van der Waals surface area contributed by atoms with Gasteiger partial charge in [-0.25, -0.2) is 13.1 Å². The SMILES string of the molecule is CNCc1cn[nH]c1S(=O)(=O)NCCc1ccccc1. The molecule has 3 N–H and O–H groups in total. The maximum absolute atomic E-state index is 12.2. The van der Waals surface area contributed by atoms with Crippen molar-refractivity contribution in [2.24, 2.45) is 0 Å². The summed E-state index contributed by atoms with van der Waals surface area (Å²) in [7, 11) is -1.79. The summed E-state index contributed by atoms with van der Waals surface area (Å²) in [6, 6.07) is 9.74. The molecule has 6 nitrogen and oxygen atoms in total. The van der Waals surface area contributed by atoms with Gasteiger partial charge in [-0.2, -0.15) is 5.10 Å². The molecule has 7 heteroatoms. The van der Waals surface area contributed by atoms with E-state index in [4.69, 9.17) is 0 Å². The Hall–Kier alpha value is -1.70. The number of aromatic amines is 1. The summed E-state index contributed by atoms with van der Waals surface area (Å²) < 4.78 is 26.9. The molecule has 1 aromatic carbocycles. The number of benzene rings is 1. The Morgan fingerprint density at radius 3 is 2.70 bits per heavy atom. The molecule has 0 unspecified atom stereocenters. The first-order valence-electron chi connectivity index (χ1n) is 6.34. The maximum atomic E-state index is 12.2. The normalized spacial score (nSPS) is 11.7. The van der Waals surface area contributed by atoms with Gasteiger partial charge in [-0.3, -0.25) is 5.10 Å². The highest BCUT2D eigenvalue weighted by atomic mass is 32.2. The fraction of sp³-hybridized carbons (Fsp3) is 0.308. The molecule has 0 saturated heterocycles. The third-order valence-electron chi connectivity index (χ3n) is 2.86. The summed E-state index contributed by atoms with van der Waals surface area (Å²) in [5.41, 5.74) is 1.72. The molecule has 0 aliphatic heterocycles. The lowest BCUT2D eigenvalue weighted by molar-refractivity contribution is 0.575. The lowest BCUT2D eigenvalue weighted by Crippen LogP contribution is -2.27. The van der Waals surface area contributed by atoms with Crippen LogP contribution in [0.3, 0.4) is 0 Å². The van der Waals surface area contributed by atoms with Gasteiger partial charge in [-0.05, 0) is 19.0 Å². The molecule has 0 fully saturated rings. The Morgan fingerprint density at radius 2 is 2.00 bits per heavy atom. The molecule has 0 amide bonds. The van der Waals surface area contributed by atoms with Crippen LogP contribution in [-0.2, 0) is 23.0 Å². The second-order valence-corrected chi connectivity index (χ2v) is 6.09. The Morgan fingerprint density at radius 1 is 1.25 bits per heavy atom. The Kier molecular flexibility index (Phi) is 4.89. The number of hydrogen-bond acceptors (Lipinski definition) is 4. The molecule has 2 rings (SSSR count). The molecule has 0 aliphatic carbocycles. The van der Waals surface area contributed by atoms with E-state index >= 15 is 0 Å². The summed E-state index contributed by atoms with van der Waals surface area (Å²) >= 11 is 0. The van der Waals surface area contributed by atoms with Crippen LogP contribution < -0.4 is 10.0 Å². The van der Waals surface area contributed by atoms with Gasteiger partial charge < -0.3 is 5.32 Å². The topological polar surface area (TPSA) is 86.9 Å². The number of nitrogens with one attached hydrogen (secondary N) is 3. The predicted octanol–water partition coefficient (Wildman–Crippen LogP) is 0.650. The Bertz CT molecular complexity index is 637. The van der Waals surface area contributed by atoms with Gasteiger partial charge in [0.2, 0.25) is 0 Å². The van der Waals surface area contributed by atoms with Gasteiger partial charge in [-0.15, -0.1) is 0 Å². The van der Waals surface area contributed by atoms with E-state index in [9.17, 15) is 8.42 Å². The highest BCUT2D eigenvalue weighted by molar-refractivity contribution is 7.89. The first kappa shape index (κ1) is 14.7. The minimum absolute atomic E-state index is 0.125. The van der Waals surface area contributed by atoms with Crippen LogP contribution in [0.2, 0.25) is 0 Å². The molecule has 108 valence electrons. The minimum atomic E-state index is -3.55. The van der Waals surface area contributed by atoms with Crippen LogP contribution in [0.25, 0.3) is 0 Å². The molecule has 0 bridgehead atoms. The molecule has 0 aliphatic rings. The summed E-state index contributed by atoms with van der Waals surface area (Å²) in [6.07, 6.45) is 2.16. The van der Waals surface area contributed by atoms with Crippen molar-refractivity contribution in [3.8, 4) is 0 Å². The van der Waals surface area contributed by atoms with E-state index in [0.29, 0.717) is 25.1 Å². The van der Waals surface area contributed by atoms with Gasteiger partial charge in [0.1, 0.15) is 0 Å². The predicted molar refractivity (Wildman–Crippen MR) is 76.7 cm³/mol. The van der Waals surface area contributed by atoms with Crippen molar-refractivity contribution in [2.45, 2.75) is 18.0 Å². The highest BCUT2D eigenvalue weighted by Crippen LogP contribution is 2.11. The van der Waals surface area contributed by atoms with Crippen LogP contribution in [0.15, 0.2) is 41.6 Å². The summed E-state index contributed by atoms with van der Waals surface area (Å²) in [5, 5.41) is 9.37.